The van der Waals surface area contributed by atoms with E-state index >= 15 is 0 Å². The highest BCUT2D eigenvalue weighted by molar-refractivity contribution is 9.07. The van der Waals surface area contributed by atoms with Crippen LogP contribution in [-0.2, 0) is 0 Å². The zero-order valence-corrected chi connectivity index (χ0v) is 5.03. The second kappa shape index (κ2) is 1.91. The van der Waals surface area contributed by atoms with Gasteiger partial charge in [0, 0.05) is 29.2 Å². The Labute approximate surface area is 45.9 Å². The quantitative estimate of drug-likeness (QED) is 0.496. The third kappa shape index (κ3) is 0.929. The van der Waals surface area contributed by atoms with E-state index in [2.05, 4.69) is 25.4 Å². The van der Waals surface area contributed by atoms with Gasteiger partial charge in [-0.1, -0.05) is 0 Å². The fourth-order valence-electron chi connectivity index (χ4n) is 0.480. The summed E-state index contributed by atoms with van der Waals surface area (Å²) in [6, 6.07) is 0. The van der Waals surface area contributed by atoms with Gasteiger partial charge in [-0.3, -0.25) is 0 Å². The first-order chi connectivity index (χ1) is 2.89. The minimum atomic E-state index is 0.986. The van der Waals surface area contributed by atoms with Crippen LogP contribution in [0.1, 0.15) is 0 Å². The molecule has 0 amide bonds. The summed E-state index contributed by atoms with van der Waals surface area (Å²) < 4.78 is 2.06. The van der Waals surface area contributed by atoms with Crippen LogP contribution in [0.3, 0.4) is 0 Å². The molecule has 1 N–H and O–H groups in total. The molecule has 1 heterocycles. The first-order valence-electron chi connectivity index (χ1n) is 2.01. The monoisotopic (exact) mass is 150 g/mol. The Morgan fingerprint density at radius 2 is 2.50 bits per heavy atom. The lowest BCUT2D eigenvalue weighted by molar-refractivity contribution is 0.597. The average molecular weight is 151 g/mol. The van der Waals surface area contributed by atoms with Gasteiger partial charge < -0.3 is 5.32 Å². The normalized spacial score (nSPS) is 25.5. The fourth-order valence-corrected chi connectivity index (χ4v) is 0.834. The van der Waals surface area contributed by atoms with Crippen LogP contribution >= 0.6 is 16.1 Å². The molecule has 6 heavy (non-hydrogen) atoms. The van der Waals surface area contributed by atoms with Crippen molar-refractivity contribution in [3.63, 3.8) is 0 Å². The maximum absolute atomic E-state index is 3.31. The molecule has 1 rings (SSSR count). The molecule has 0 unspecified atom stereocenters. The summed E-state index contributed by atoms with van der Waals surface area (Å²) in [5.74, 6) is 0. The summed E-state index contributed by atoms with van der Waals surface area (Å²) in [4.78, 5) is 0. The van der Waals surface area contributed by atoms with Crippen molar-refractivity contribution in [2.24, 2.45) is 0 Å². The maximum atomic E-state index is 3.31. The zero-order chi connectivity index (χ0) is 4.41. The summed E-state index contributed by atoms with van der Waals surface area (Å²) in [5.41, 5.74) is 0. The van der Waals surface area contributed by atoms with Crippen LogP contribution < -0.4 is 5.32 Å². The average Bonchev–Trinajstić information content (AvgIpc) is 1.86. The summed E-state index contributed by atoms with van der Waals surface area (Å²) in [6.45, 7) is 3.23. The van der Waals surface area contributed by atoms with Crippen LogP contribution in [0.2, 0.25) is 0 Å². The predicted octanol–water partition coefficient (Wildman–Crippen LogP) is 0.159. The van der Waals surface area contributed by atoms with Crippen molar-refractivity contribution in [2.45, 2.75) is 0 Å². The predicted molar refractivity (Wildman–Crippen MR) is 28.5 cm³/mol. The third-order valence-electron chi connectivity index (χ3n) is 0.815. The molecule has 1 saturated heterocycles. The molecule has 1 fully saturated rings. The van der Waals surface area contributed by atoms with Crippen LogP contribution in [-0.4, -0.2) is 23.7 Å². The van der Waals surface area contributed by atoms with Gasteiger partial charge in [0.05, 0.1) is 6.67 Å². The molecule has 0 aromatic heterocycles. The highest BCUT2D eigenvalue weighted by Crippen LogP contribution is 1.96. The van der Waals surface area contributed by atoms with E-state index in [0.29, 0.717) is 0 Å². The summed E-state index contributed by atoms with van der Waals surface area (Å²) in [5, 5.41) is 3.15. The Kier molecular flexibility index (Phi) is 1.45. The van der Waals surface area contributed by atoms with Gasteiger partial charge >= 0.3 is 0 Å². The molecular weight excluding hydrogens is 144 g/mol. The lowest BCUT2D eigenvalue weighted by Crippen LogP contribution is -2.09. The molecule has 0 spiro atoms. The maximum Gasteiger partial charge on any atom is 0.0585 e. The van der Waals surface area contributed by atoms with Crippen molar-refractivity contribution in [1.29, 1.82) is 0 Å². The van der Waals surface area contributed by atoms with Gasteiger partial charge in [0.1, 0.15) is 0 Å². The second-order valence-corrected chi connectivity index (χ2v) is 2.35. The highest BCUT2D eigenvalue weighted by Gasteiger charge is 2.03. The minimum Gasteiger partial charge on any atom is -0.302 e. The van der Waals surface area contributed by atoms with E-state index in [4.69, 9.17) is 0 Å². The van der Waals surface area contributed by atoms with E-state index in [0.717, 1.165) is 19.8 Å². The van der Waals surface area contributed by atoms with Crippen molar-refractivity contribution in [3.8, 4) is 0 Å². The Morgan fingerprint density at radius 3 is 2.67 bits per heavy atom. The van der Waals surface area contributed by atoms with E-state index in [1.807, 2.05) is 0 Å². The Hall–Kier alpha value is 0.400. The molecule has 36 valence electrons. The summed E-state index contributed by atoms with van der Waals surface area (Å²) in [7, 11) is 0. The van der Waals surface area contributed by atoms with Crippen LogP contribution in [0.4, 0.5) is 0 Å². The summed E-state index contributed by atoms with van der Waals surface area (Å²) in [6.07, 6.45) is 0. The van der Waals surface area contributed by atoms with Crippen molar-refractivity contribution in [3.05, 3.63) is 0 Å². The molecule has 0 atom stereocenters. The molecule has 1 aliphatic heterocycles. The largest absolute Gasteiger partial charge is 0.302 e. The minimum absolute atomic E-state index is 0.986. The fraction of sp³-hybridized carbons (Fsp3) is 1.00. The standard InChI is InChI=1S/C3H7BrN2/c4-6-2-1-5-3-6/h5H,1-3H2. The van der Waals surface area contributed by atoms with Gasteiger partial charge in [-0.15, -0.1) is 0 Å². The third-order valence-corrected chi connectivity index (χ3v) is 1.42. The van der Waals surface area contributed by atoms with Crippen LogP contribution in [0.25, 0.3) is 0 Å². The number of hydrogen-bond acceptors (Lipinski definition) is 2. The van der Waals surface area contributed by atoms with Crippen molar-refractivity contribution in [2.75, 3.05) is 19.8 Å². The number of nitrogens with one attached hydrogen (secondary N) is 1. The van der Waals surface area contributed by atoms with E-state index in [1.54, 1.807) is 0 Å². The molecule has 0 aromatic rings. The van der Waals surface area contributed by atoms with Gasteiger partial charge in [-0.25, -0.2) is 3.93 Å². The molecule has 1 aliphatic rings. The highest BCUT2D eigenvalue weighted by atomic mass is 79.9. The molecular formula is C3H7BrN2. The van der Waals surface area contributed by atoms with E-state index in [-0.39, 0.29) is 0 Å². The smallest absolute Gasteiger partial charge is 0.0585 e. The molecule has 2 nitrogen and oxygen atoms in total. The van der Waals surface area contributed by atoms with Crippen molar-refractivity contribution >= 4 is 16.1 Å². The van der Waals surface area contributed by atoms with Crippen LogP contribution in [0.15, 0.2) is 0 Å². The zero-order valence-electron chi connectivity index (χ0n) is 3.45. The number of halogens is 1. The van der Waals surface area contributed by atoms with Gasteiger partial charge in [0.25, 0.3) is 0 Å². The SMILES string of the molecule is BrN1CCNC1. The van der Waals surface area contributed by atoms with E-state index in [9.17, 15) is 0 Å². The molecule has 0 bridgehead atoms. The number of nitrogens with zero attached hydrogens (tertiary/aromatic N) is 1. The lowest BCUT2D eigenvalue weighted by atomic mass is 10.7. The molecule has 0 aromatic carbocycles. The lowest BCUT2D eigenvalue weighted by Gasteiger charge is -1.96. The second-order valence-electron chi connectivity index (χ2n) is 1.34. The topological polar surface area (TPSA) is 15.3 Å². The van der Waals surface area contributed by atoms with Crippen LogP contribution in [0.5, 0.6) is 0 Å². The van der Waals surface area contributed by atoms with Crippen LogP contribution in [0, 0.1) is 0 Å². The first-order valence-corrected chi connectivity index (χ1v) is 2.72. The Bertz CT molecular complexity index is 42.1. The number of rotatable bonds is 0. The molecule has 3 heteroatoms. The van der Waals surface area contributed by atoms with E-state index < -0.39 is 0 Å². The van der Waals surface area contributed by atoms with Gasteiger partial charge in [-0.05, 0) is 0 Å². The van der Waals surface area contributed by atoms with Crippen molar-refractivity contribution < 1.29 is 0 Å². The molecule has 0 saturated carbocycles. The summed E-state index contributed by atoms with van der Waals surface area (Å²) >= 11 is 3.31. The first kappa shape index (κ1) is 4.56. The molecule has 0 aliphatic carbocycles. The Morgan fingerprint density at radius 1 is 1.67 bits per heavy atom. The number of hydrogen-bond donors (Lipinski definition) is 1. The Balaban J connectivity index is 2.18. The van der Waals surface area contributed by atoms with Gasteiger partial charge in [0.15, 0.2) is 0 Å². The van der Waals surface area contributed by atoms with Gasteiger partial charge in [-0.2, -0.15) is 0 Å². The molecule has 0 radical (unpaired) electrons. The van der Waals surface area contributed by atoms with Crippen molar-refractivity contribution in [1.82, 2.24) is 9.24 Å². The van der Waals surface area contributed by atoms with Gasteiger partial charge in [0.2, 0.25) is 0 Å². The van der Waals surface area contributed by atoms with E-state index in [1.165, 1.54) is 0 Å².